The summed E-state index contributed by atoms with van der Waals surface area (Å²) in [5.74, 6) is -3.00. The Balaban J connectivity index is 1.00. The number of aliphatic hydroxyl groups excluding tert-OH is 20. The van der Waals surface area contributed by atoms with Crippen LogP contribution in [0.5, 0.6) is 0 Å². The first-order chi connectivity index (χ1) is 63.4. The first-order valence-electron chi connectivity index (χ1n) is 48.5. The first-order valence-corrected chi connectivity index (χ1v) is 48.5. The fourth-order valence-electron chi connectivity index (χ4n) is 18.0. The number of allylic oxidation sites excluding steroid dienone is 1. The maximum Gasteiger partial charge on any atom is 0.220 e. The molecule has 24 N–H and O–H groups in total. The number of carbonyl (C=O) groups is 4. The van der Waals surface area contributed by atoms with E-state index < -0.39 is 297 Å². The molecule has 0 aliphatic carbocycles. The third kappa shape index (κ3) is 35.2. The molecule has 42 heteroatoms. The Bertz CT molecular complexity index is 3170. The average Bonchev–Trinajstić information content (AvgIpc) is 0.764. The number of ether oxygens (including phenoxy) is 14. The summed E-state index contributed by atoms with van der Waals surface area (Å²) in [5, 5.41) is 237. The lowest BCUT2D eigenvalue weighted by Gasteiger charge is -2.51. The molecule has 0 saturated carbocycles. The Hall–Kier alpha value is -3.74. The molecule has 42 nitrogen and oxygen atoms in total. The van der Waals surface area contributed by atoms with Crippen LogP contribution in [0.2, 0.25) is 0 Å². The smallest absolute Gasteiger partial charge is 0.220 e. The van der Waals surface area contributed by atoms with E-state index in [-0.39, 0.29) is 12.3 Å². The van der Waals surface area contributed by atoms with Crippen LogP contribution in [0.1, 0.15) is 253 Å². The highest BCUT2D eigenvalue weighted by molar-refractivity contribution is 5.76. The van der Waals surface area contributed by atoms with Crippen LogP contribution in [0.4, 0.5) is 0 Å². The van der Waals surface area contributed by atoms with Crippen molar-refractivity contribution in [2.75, 3.05) is 52.9 Å². The van der Waals surface area contributed by atoms with E-state index in [1.165, 1.54) is 148 Å². The maximum absolute atomic E-state index is 13.7. The van der Waals surface area contributed by atoms with Crippen LogP contribution in [0, 0.1) is 0 Å². The van der Waals surface area contributed by atoms with E-state index in [4.69, 9.17) is 66.3 Å². The molecule has 770 valence electrons. The van der Waals surface area contributed by atoms with Gasteiger partial charge >= 0.3 is 0 Å². The van der Waals surface area contributed by atoms with Crippen molar-refractivity contribution in [3.63, 3.8) is 0 Å². The third-order valence-corrected chi connectivity index (χ3v) is 25.7. The second-order valence-electron chi connectivity index (χ2n) is 36.3. The zero-order chi connectivity index (χ0) is 96.5. The van der Waals surface area contributed by atoms with Crippen LogP contribution in [0.15, 0.2) is 12.2 Å². The van der Waals surface area contributed by atoms with Gasteiger partial charge in [-0.2, -0.15) is 0 Å². The van der Waals surface area contributed by atoms with E-state index in [1.54, 1.807) is 6.08 Å². The van der Waals surface area contributed by atoms with Gasteiger partial charge in [0.05, 0.1) is 65.0 Å². The summed E-state index contributed by atoms with van der Waals surface area (Å²) < 4.78 is 83.8. The molecule has 0 aromatic carbocycles. The lowest BCUT2D eigenvalue weighted by molar-refractivity contribution is -0.387. The molecule has 7 fully saturated rings. The maximum atomic E-state index is 13.7. The van der Waals surface area contributed by atoms with Crippen LogP contribution in [-0.4, -0.2) is 406 Å². The van der Waals surface area contributed by atoms with E-state index in [9.17, 15) is 121 Å². The summed E-state index contributed by atoms with van der Waals surface area (Å²) in [6, 6.07) is -6.56. The summed E-state index contributed by atoms with van der Waals surface area (Å²) in [4.78, 5) is 52.4. The first kappa shape index (κ1) is 115. The summed E-state index contributed by atoms with van der Waals surface area (Å²) in [6.45, 7) is -0.346. The molecule has 7 aliphatic rings. The summed E-state index contributed by atoms with van der Waals surface area (Å²) in [7, 11) is 0. The van der Waals surface area contributed by atoms with Gasteiger partial charge < -0.3 is 190 Å². The van der Waals surface area contributed by atoms with Crippen LogP contribution in [0.3, 0.4) is 0 Å². The van der Waals surface area contributed by atoms with Crippen LogP contribution >= 0.6 is 0 Å². The number of rotatable bonds is 62. The second-order valence-corrected chi connectivity index (χ2v) is 36.3. The summed E-state index contributed by atoms with van der Waals surface area (Å²) >= 11 is 0. The molecule has 0 aromatic rings. The van der Waals surface area contributed by atoms with E-state index in [0.29, 0.717) is 12.8 Å². The van der Waals surface area contributed by atoms with Crippen molar-refractivity contribution in [1.29, 1.82) is 0 Å². The molecule has 4 amide bonds. The predicted molar refractivity (Wildman–Crippen MR) is 466 cm³/mol. The normalized spacial score (nSPS) is 36.8. The highest BCUT2D eigenvalue weighted by atomic mass is 16.8. The molecule has 132 heavy (non-hydrogen) atoms. The quantitative estimate of drug-likeness (QED) is 0.0229. The highest BCUT2D eigenvalue weighted by Crippen LogP contribution is 2.40. The molecule has 7 heterocycles. The molecular weight excluding hydrogens is 1740 g/mol. The fraction of sp³-hybridized carbons (Fsp3) is 0.933. The lowest BCUT2D eigenvalue weighted by atomic mass is 9.93. The molecule has 7 rings (SSSR count). The minimum Gasteiger partial charge on any atom is -0.394 e. The van der Waals surface area contributed by atoms with Gasteiger partial charge in [0.15, 0.2) is 44.0 Å². The van der Waals surface area contributed by atoms with Crippen molar-refractivity contribution in [1.82, 2.24) is 21.3 Å². The van der Waals surface area contributed by atoms with Crippen LogP contribution in [-0.2, 0) is 85.5 Å². The number of nitrogens with one attached hydrogen (secondary N) is 4. The van der Waals surface area contributed by atoms with Gasteiger partial charge in [0.25, 0.3) is 0 Å². The Kier molecular flexibility index (Phi) is 53.9. The van der Waals surface area contributed by atoms with Gasteiger partial charge in [-0.05, 0) is 19.3 Å². The highest BCUT2D eigenvalue weighted by Gasteiger charge is 2.60. The molecule has 7 saturated heterocycles. The number of amides is 4. The van der Waals surface area contributed by atoms with Gasteiger partial charge in [0.2, 0.25) is 23.6 Å². The zero-order valence-electron chi connectivity index (χ0n) is 77.5. The van der Waals surface area contributed by atoms with Crippen LogP contribution in [0.25, 0.3) is 0 Å². The molecule has 0 spiro atoms. The van der Waals surface area contributed by atoms with Gasteiger partial charge in [-0.3, -0.25) is 19.2 Å². The molecule has 37 atom stereocenters. The van der Waals surface area contributed by atoms with Gasteiger partial charge in [-0.15, -0.1) is 0 Å². The lowest BCUT2D eigenvalue weighted by Crippen LogP contribution is -2.71. The SMILES string of the molecule is CCCCCCCCCCCCC/C=C/[C@@H](O)[C@H](CO[C@@H]1OC(CO)[C@@H](O[C@@H]2OC(CO)[C@H](O)[C@H](O[C@@H]3OC(CO)[C@@H](O)[C@H](O[C@@H]4OC(CO)[C@H](O)[C@H](O[C@@H]5OC(CO)[C@@H](O)[C@H](O[C@@H]6OC(CO)[C@H](O)[C@H](O[C@H]7OC(CO)[C@H](O)[C@H](O)C7NC(C)=O)C6O)C5NC(C)=O)C4O)C3NC(C)=O)C2O)[C@H](O)C1O)NC(=O)CCCCCCCCCCCCCCCCCCCCCCC. The topological polar surface area (TPSA) is 650 Å². The minimum atomic E-state index is -2.38. The molecule has 14 unspecified atom stereocenters. The van der Waals surface area contributed by atoms with Gasteiger partial charge in [-0.25, -0.2) is 0 Å². The Morgan fingerprint density at radius 2 is 0.568 bits per heavy atom. The van der Waals surface area contributed by atoms with E-state index in [2.05, 4.69) is 35.1 Å². The van der Waals surface area contributed by atoms with Crippen molar-refractivity contribution in [3.05, 3.63) is 12.2 Å². The van der Waals surface area contributed by atoms with Crippen molar-refractivity contribution in [2.24, 2.45) is 0 Å². The monoisotopic (exact) mass is 1910 g/mol. The molecule has 7 aliphatic heterocycles. The summed E-state index contributed by atoms with van der Waals surface area (Å²) in [5.41, 5.74) is 0. The number of hydrogen-bond donors (Lipinski definition) is 24. The second kappa shape index (κ2) is 61.7. The van der Waals surface area contributed by atoms with E-state index >= 15 is 0 Å². The van der Waals surface area contributed by atoms with Crippen molar-refractivity contribution >= 4 is 23.6 Å². The Labute approximate surface area is 774 Å². The third-order valence-electron chi connectivity index (χ3n) is 25.7. The van der Waals surface area contributed by atoms with Crippen molar-refractivity contribution in [2.45, 2.75) is 480 Å². The Morgan fingerprint density at radius 3 is 0.902 bits per heavy atom. The number of unbranched alkanes of at least 4 members (excludes halogenated alkanes) is 31. The van der Waals surface area contributed by atoms with E-state index in [1.807, 2.05) is 6.08 Å². The Morgan fingerprint density at radius 1 is 0.295 bits per heavy atom. The largest absolute Gasteiger partial charge is 0.394 e. The molecule has 0 radical (unpaired) electrons. The average molecular weight is 1910 g/mol. The summed E-state index contributed by atoms with van der Waals surface area (Å²) in [6.07, 6.45) is -22.9. The van der Waals surface area contributed by atoms with Gasteiger partial charge in [0, 0.05) is 27.2 Å². The van der Waals surface area contributed by atoms with Gasteiger partial charge in [-0.1, -0.05) is 219 Å². The fourth-order valence-corrected chi connectivity index (χ4v) is 18.0. The van der Waals surface area contributed by atoms with Crippen LogP contribution < -0.4 is 21.3 Å². The standard InChI is InChI=1S/C90H162N4O38/c1-6-8-10-12-14-16-18-20-21-22-23-24-25-26-27-29-31-33-35-37-39-41-62(106)94-53(54(105)40-38-36-34-32-30-28-19-17-15-13-11-9-7-2)49-119-87-74(115)73(114)78(61(48-101)126-87)127-88-75(116)82(70(111)58(45-98)123-88)131-85-64(92-51(4)103)80(68(109)56(43-96)121-85)129-90-77(118)83(71(112)60(47-100)125-90)132-86-65(93-52(5)104)79(67(108)57(44-97)122-86)128-89-76(117)81(69(110)59(46-99)124-89)130-84-63(91-50(3)102)72(113)66(107)55(42-95)120-84/h38,40,53-61,63-90,95-101,105,107-118H,6-37,39,41-49H2,1-5H3,(H,91,102)(H,92,103)(H,93,104)(H,94,106)/b40-38+/t53-,54+,55?,56?,57?,58?,59?,60?,61?,63?,64?,65?,66-,67+,68+,69-,70-,71-,72+,73+,74?,75?,76?,77?,78+,79+,80+,81-,82-,83-,84+,85-,86-,87+,88-,89-,90-/m0/s1. The van der Waals surface area contributed by atoms with E-state index in [0.717, 1.165) is 72.1 Å². The molecular formula is C90H162N4O38. The number of aliphatic hydroxyl groups is 20. The molecule has 0 bridgehead atoms. The number of carbonyl (C=O) groups excluding carboxylic acids is 4. The molecule has 0 aromatic heterocycles. The zero-order valence-corrected chi connectivity index (χ0v) is 77.5. The minimum absolute atomic E-state index is 0.156. The van der Waals surface area contributed by atoms with Crippen molar-refractivity contribution < 1.29 is 188 Å². The predicted octanol–water partition coefficient (Wildman–Crippen LogP) is -2.12. The van der Waals surface area contributed by atoms with Gasteiger partial charge in [0.1, 0.15) is 171 Å². The van der Waals surface area contributed by atoms with Crippen molar-refractivity contribution in [3.8, 4) is 0 Å². The number of hydrogen-bond acceptors (Lipinski definition) is 38.